The number of hydrogen-bond acceptors (Lipinski definition) is 2. The van der Waals surface area contributed by atoms with Crippen molar-refractivity contribution in [2.45, 2.75) is 26.2 Å². The van der Waals surface area contributed by atoms with Gasteiger partial charge >= 0.3 is 0 Å². The van der Waals surface area contributed by atoms with Crippen molar-refractivity contribution in [3.8, 4) is 11.8 Å². The van der Waals surface area contributed by atoms with Crippen molar-refractivity contribution in [3.05, 3.63) is 63.7 Å². The normalized spacial score (nSPS) is 11.8. The van der Waals surface area contributed by atoms with Crippen LogP contribution in [0.25, 0.3) is 0 Å². The second-order valence-corrected chi connectivity index (χ2v) is 5.64. The molecule has 1 unspecified atom stereocenters. The molecule has 2 rings (SSSR count). The summed E-state index contributed by atoms with van der Waals surface area (Å²) in [6.07, 6.45) is 0.653. The van der Waals surface area contributed by atoms with Gasteiger partial charge in [-0.05, 0) is 49.6 Å². The van der Waals surface area contributed by atoms with Gasteiger partial charge in [0.1, 0.15) is 5.75 Å². The fraction of sp³-hybridized carbons (Fsp3) is 0.278. The minimum atomic E-state index is -0.279. The van der Waals surface area contributed by atoms with E-state index in [1.807, 2.05) is 12.1 Å². The van der Waals surface area contributed by atoms with Gasteiger partial charge < -0.3 is 4.74 Å². The maximum absolute atomic E-state index is 9.56. The number of methoxy groups -OCH3 is 1. The lowest BCUT2D eigenvalue weighted by molar-refractivity contribution is 0.408. The Balaban J connectivity index is 2.39. The number of nitriles is 1. The molecule has 2 aromatic rings. The summed E-state index contributed by atoms with van der Waals surface area (Å²) in [4.78, 5) is 0. The topological polar surface area (TPSA) is 33.0 Å². The Bertz CT molecular complexity index is 688. The molecule has 0 aliphatic carbocycles. The molecule has 0 bridgehead atoms. The lowest BCUT2D eigenvalue weighted by Gasteiger charge is -2.16. The van der Waals surface area contributed by atoms with Gasteiger partial charge in [-0.15, -0.1) is 0 Å². The van der Waals surface area contributed by atoms with Crippen LogP contribution in [0, 0.1) is 25.2 Å². The molecule has 108 valence electrons. The molecule has 2 aromatic carbocycles. The molecule has 1 atom stereocenters. The Labute approximate surface area is 130 Å². The Morgan fingerprint density at radius 1 is 1.19 bits per heavy atom. The van der Waals surface area contributed by atoms with Crippen LogP contribution in [0.3, 0.4) is 0 Å². The molecular formula is C18H18ClNO. The third-order valence-electron chi connectivity index (χ3n) is 3.65. The monoisotopic (exact) mass is 299 g/mol. The first-order chi connectivity index (χ1) is 10.0. The fourth-order valence-corrected chi connectivity index (χ4v) is 2.62. The van der Waals surface area contributed by atoms with Gasteiger partial charge in [0.05, 0.1) is 19.1 Å². The Hall–Kier alpha value is -1.98. The van der Waals surface area contributed by atoms with Crippen LogP contribution in [-0.2, 0) is 6.42 Å². The van der Waals surface area contributed by atoms with Gasteiger partial charge in [-0.1, -0.05) is 35.4 Å². The predicted octanol–water partition coefficient (Wildman–Crippen LogP) is 4.82. The van der Waals surface area contributed by atoms with Gasteiger partial charge in [-0.3, -0.25) is 0 Å². The van der Waals surface area contributed by atoms with Crippen molar-refractivity contribution in [1.29, 1.82) is 5.26 Å². The highest BCUT2D eigenvalue weighted by molar-refractivity contribution is 6.30. The van der Waals surface area contributed by atoms with Crippen molar-refractivity contribution in [3.63, 3.8) is 0 Å². The first-order valence-electron chi connectivity index (χ1n) is 6.84. The molecule has 3 heteroatoms. The van der Waals surface area contributed by atoms with Crippen LogP contribution in [0.1, 0.15) is 28.2 Å². The second kappa shape index (κ2) is 6.65. The summed E-state index contributed by atoms with van der Waals surface area (Å²) in [5.41, 5.74) is 4.42. The van der Waals surface area contributed by atoms with Crippen molar-refractivity contribution in [1.82, 2.24) is 0 Å². The molecule has 0 aromatic heterocycles. The third-order valence-corrected chi connectivity index (χ3v) is 3.89. The Morgan fingerprint density at radius 3 is 2.62 bits per heavy atom. The lowest BCUT2D eigenvalue weighted by Crippen LogP contribution is -2.04. The van der Waals surface area contributed by atoms with E-state index in [0.717, 1.165) is 5.56 Å². The van der Waals surface area contributed by atoms with Gasteiger partial charge in [0.15, 0.2) is 0 Å². The largest absolute Gasteiger partial charge is 0.496 e. The van der Waals surface area contributed by atoms with Crippen molar-refractivity contribution in [2.24, 2.45) is 0 Å². The average molecular weight is 300 g/mol. The smallest absolute Gasteiger partial charge is 0.123 e. The van der Waals surface area contributed by atoms with E-state index in [0.29, 0.717) is 17.2 Å². The second-order valence-electron chi connectivity index (χ2n) is 5.20. The minimum absolute atomic E-state index is 0.279. The van der Waals surface area contributed by atoms with E-state index in [2.05, 4.69) is 38.1 Å². The first-order valence-corrected chi connectivity index (χ1v) is 7.22. The van der Waals surface area contributed by atoms with Gasteiger partial charge in [-0.25, -0.2) is 0 Å². The zero-order valence-corrected chi connectivity index (χ0v) is 13.2. The van der Waals surface area contributed by atoms with E-state index in [9.17, 15) is 5.26 Å². The Morgan fingerprint density at radius 2 is 1.95 bits per heavy atom. The Kier molecular flexibility index (Phi) is 4.88. The number of nitrogens with zero attached hydrogens (tertiary/aromatic N) is 1. The summed E-state index contributed by atoms with van der Waals surface area (Å²) in [5.74, 6) is 0.426. The van der Waals surface area contributed by atoms with Crippen molar-refractivity contribution in [2.75, 3.05) is 7.11 Å². The summed E-state index contributed by atoms with van der Waals surface area (Å²) in [7, 11) is 1.61. The fourth-order valence-electron chi connectivity index (χ4n) is 2.44. The van der Waals surface area contributed by atoms with Gasteiger partial charge in [0.25, 0.3) is 0 Å². The maximum atomic E-state index is 9.56. The SMILES string of the molecule is COc1ccc(Cl)cc1C(C#N)Cc1cc(C)ccc1C. The summed E-state index contributed by atoms with van der Waals surface area (Å²) >= 11 is 6.07. The van der Waals surface area contributed by atoms with Crippen LogP contribution in [-0.4, -0.2) is 7.11 Å². The molecule has 21 heavy (non-hydrogen) atoms. The summed E-state index contributed by atoms with van der Waals surface area (Å²) in [6.45, 7) is 4.13. The van der Waals surface area contributed by atoms with Gasteiger partial charge in [-0.2, -0.15) is 5.26 Å². The van der Waals surface area contributed by atoms with Gasteiger partial charge in [0.2, 0.25) is 0 Å². The summed E-state index contributed by atoms with van der Waals surface area (Å²) in [5, 5.41) is 10.2. The molecule has 0 fully saturated rings. The molecule has 0 aliphatic rings. The summed E-state index contributed by atoms with van der Waals surface area (Å²) in [6, 6.07) is 14.1. The molecule has 2 nitrogen and oxygen atoms in total. The first kappa shape index (κ1) is 15.4. The molecule has 0 heterocycles. The maximum Gasteiger partial charge on any atom is 0.123 e. The molecule has 0 amide bonds. The highest BCUT2D eigenvalue weighted by atomic mass is 35.5. The van der Waals surface area contributed by atoms with Crippen LogP contribution >= 0.6 is 11.6 Å². The summed E-state index contributed by atoms with van der Waals surface area (Å²) < 4.78 is 5.37. The van der Waals surface area contributed by atoms with E-state index in [4.69, 9.17) is 16.3 Å². The molecule has 0 saturated heterocycles. The molecular weight excluding hydrogens is 282 g/mol. The number of halogens is 1. The number of ether oxygens (including phenoxy) is 1. The van der Waals surface area contributed by atoms with Gasteiger partial charge in [0, 0.05) is 10.6 Å². The molecule has 0 aliphatic heterocycles. The molecule has 0 saturated carbocycles. The van der Waals surface area contributed by atoms with E-state index >= 15 is 0 Å². The quantitative estimate of drug-likeness (QED) is 0.811. The van der Waals surface area contributed by atoms with Crippen LogP contribution in [0.4, 0.5) is 0 Å². The van der Waals surface area contributed by atoms with E-state index in [-0.39, 0.29) is 5.92 Å². The standard InChI is InChI=1S/C18H18ClNO/c1-12-4-5-13(2)14(8-12)9-15(11-20)17-10-16(19)6-7-18(17)21-3/h4-8,10,15H,9H2,1-3H3. The number of aryl methyl sites for hydroxylation is 2. The zero-order valence-electron chi connectivity index (χ0n) is 12.5. The third kappa shape index (κ3) is 3.56. The van der Waals surface area contributed by atoms with E-state index < -0.39 is 0 Å². The minimum Gasteiger partial charge on any atom is -0.496 e. The van der Waals surface area contributed by atoms with Crippen molar-refractivity contribution >= 4 is 11.6 Å². The van der Waals surface area contributed by atoms with Crippen molar-refractivity contribution < 1.29 is 4.74 Å². The van der Waals surface area contributed by atoms with Crippen LogP contribution in [0.15, 0.2) is 36.4 Å². The highest BCUT2D eigenvalue weighted by Gasteiger charge is 2.18. The predicted molar refractivity (Wildman–Crippen MR) is 86.0 cm³/mol. The number of rotatable bonds is 4. The van der Waals surface area contributed by atoms with E-state index in [1.54, 1.807) is 13.2 Å². The zero-order chi connectivity index (χ0) is 15.4. The molecule has 0 N–H and O–H groups in total. The lowest BCUT2D eigenvalue weighted by atomic mass is 9.90. The van der Waals surface area contributed by atoms with Crippen LogP contribution in [0.5, 0.6) is 5.75 Å². The average Bonchev–Trinajstić information content (AvgIpc) is 2.48. The molecule has 0 spiro atoms. The molecule has 0 radical (unpaired) electrons. The number of hydrogen-bond donors (Lipinski definition) is 0. The highest BCUT2D eigenvalue weighted by Crippen LogP contribution is 2.32. The number of benzene rings is 2. The van der Waals surface area contributed by atoms with E-state index in [1.165, 1.54) is 16.7 Å². The van der Waals surface area contributed by atoms with Crippen LogP contribution < -0.4 is 4.74 Å². The van der Waals surface area contributed by atoms with Crippen LogP contribution in [0.2, 0.25) is 5.02 Å².